The number of nitrogens with zero attached hydrogens (tertiary/aromatic N) is 3. The molecule has 0 saturated carbocycles. The summed E-state index contributed by atoms with van der Waals surface area (Å²) in [7, 11) is 0. The third kappa shape index (κ3) is 7.62. The number of pyridine rings is 1. The van der Waals surface area contributed by atoms with E-state index in [-0.39, 0.29) is 17.0 Å². The molecule has 0 saturated heterocycles. The Kier molecular flexibility index (Phi) is 10.00. The normalized spacial score (nSPS) is 13.2. The van der Waals surface area contributed by atoms with Crippen molar-refractivity contribution in [1.29, 1.82) is 0 Å². The second kappa shape index (κ2) is 13.6. The molecule has 4 rings (SSSR count). The van der Waals surface area contributed by atoms with Gasteiger partial charge in [0, 0.05) is 29.9 Å². The molecule has 1 unspecified atom stereocenters. The lowest BCUT2D eigenvalue weighted by Crippen LogP contribution is -2.53. The summed E-state index contributed by atoms with van der Waals surface area (Å²) in [6.07, 6.45) is -2.76. The first-order valence-corrected chi connectivity index (χ1v) is 13.8. The molecule has 2 heterocycles. The summed E-state index contributed by atoms with van der Waals surface area (Å²) in [5.74, 6) is 8.77. The first-order chi connectivity index (χ1) is 21.6. The van der Waals surface area contributed by atoms with Gasteiger partial charge in [-0.15, -0.1) is 11.3 Å². The number of carbonyl (C=O) groups is 1. The van der Waals surface area contributed by atoms with Crippen molar-refractivity contribution < 1.29 is 40.6 Å². The number of hydrogen-bond acceptors (Lipinski definition) is 7. The maximum Gasteiger partial charge on any atom is 0.416 e. The van der Waals surface area contributed by atoms with E-state index in [9.17, 15) is 31.9 Å². The van der Waals surface area contributed by atoms with Crippen molar-refractivity contribution in [2.24, 2.45) is 16.8 Å². The van der Waals surface area contributed by atoms with E-state index < -0.39 is 58.6 Å². The molecule has 4 aromatic rings. The Hall–Kier alpha value is -4.98. The number of nitrogens with one attached hydrogen (secondary N) is 1. The van der Waals surface area contributed by atoms with Crippen LogP contribution < -0.4 is 17.0 Å². The number of benzene rings is 2. The van der Waals surface area contributed by atoms with Gasteiger partial charge >= 0.3 is 12.1 Å². The highest BCUT2D eigenvalue weighted by Crippen LogP contribution is 2.46. The average Bonchev–Trinajstić information content (AvgIpc) is 3.48. The first kappa shape index (κ1) is 33.9. The Bertz CT molecular complexity index is 1780. The molecule has 0 bridgehead atoms. The van der Waals surface area contributed by atoms with Gasteiger partial charge in [-0.25, -0.2) is 14.6 Å². The Balaban J connectivity index is 1.48. The van der Waals surface area contributed by atoms with Crippen LogP contribution in [0.4, 0.5) is 30.7 Å². The van der Waals surface area contributed by atoms with E-state index in [1.165, 1.54) is 24.3 Å². The van der Waals surface area contributed by atoms with Crippen LogP contribution in [0.5, 0.6) is 0 Å². The zero-order valence-corrected chi connectivity index (χ0v) is 24.1. The number of aliphatic hydroxyl groups is 1. The van der Waals surface area contributed by atoms with Crippen LogP contribution in [-0.4, -0.2) is 33.9 Å². The molecule has 0 spiro atoms. The summed E-state index contributed by atoms with van der Waals surface area (Å²) in [6, 6.07) is 11.1. The van der Waals surface area contributed by atoms with E-state index in [0.29, 0.717) is 40.0 Å². The molecule has 1 atom stereocenters. The van der Waals surface area contributed by atoms with Gasteiger partial charge in [-0.1, -0.05) is 24.0 Å². The van der Waals surface area contributed by atoms with Gasteiger partial charge in [0.25, 0.3) is 5.91 Å². The standard InChI is InChI=1S/C30H23F7N6O2S/c31-21-7-10-23(24(32)13-21)28(45,16-43(39)17-42-38)29(33,34)26-12-4-19(14-40-26)3-8-22-9-11-25(46-22)27(44)41-15-18-1-5-20(6-2-18)30(35,36)37/h1-2,4-7,9-14,17,45H,15-16,38-39H2,(H,41,44)/b42-17-. The first-order valence-electron chi connectivity index (χ1n) is 13.0. The van der Waals surface area contributed by atoms with Crippen molar-refractivity contribution in [3.8, 4) is 11.8 Å². The largest absolute Gasteiger partial charge is 0.416 e. The summed E-state index contributed by atoms with van der Waals surface area (Å²) in [5, 5.41) is 17.4. The maximum atomic E-state index is 15.8. The molecule has 2 aromatic heterocycles. The monoisotopic (exact) mass is 664 g/mol. The predicted octanol–water partition coefficient (Wildman–Crippen LogP) is 4.83. The van der Waals surface area contributed by atoms with Gasteiger partial charge in [-0.2, -0.15) is 27.1 Å². The van der Waals surface area contributed by atoms with E-state index in [4.69, 9.17) is 11.7 Å². The lowest BCUT2D eigenvalue weighted by atomic mass is 9.84. The van der Waals surface area contributed by atoms with Gasteiger partial charge in [0.05, 0.1) is 21.9 Å². The predicted molar refractivity (Wildman–Crippen MR) is 155 cm³/mol. The number of nitrogens with two attached hydrogens (primary N) is 2. The van der Waals surface area contributed by atoms with Crippen LogP contribution >= 0.6 is 11.3 Å². The molecule has 8 nitrogen and oxygen atoms in total. The van der Waals surface area contributed by atoms with E-state index in [2.05, 4.69) is 27.2 Å². The number of rotatable bonds is 9. The second-order valence-electron chi connectivity index (χ2n) is 9.72. The van der Waals surface area contributed by atoms with Crippen molar-refractivity contribution in [2.45, 2.75) is 24.2 Å². The number of halogens is 7. The molecule has 0 fully saturated rings. The summed E-state index contributed by atoms with van der Waals surface area (Å²) < 4.78 is 97.9. The molecule has 16 heteroatoms. The highest BCUT2D eigenvalue weighted by Gasteiger charge is 2.58. The zero-order chi connectivity index (χ0) is 33.7. The number of alkyl halides is 5. The van der Waals surface area contributed by atoms with Gasteiger partial charge in [-0.3, -0.25) is 14.8 Å². The van der Waals surface area contributed by atoms with E-state index in [1.807, 2.05) is 0 Å². The number of hydrazine groups is 1. The Morgan fingerprint density at radius 3 is 2.35 bits per heavy atom. The summed E-state index contributed by atoms with van der Waals surface area (Å²) in [4.78, 5) is 16.9. The molecule has 0 aliphatic carbocycles. The van der Waals surface area contributed by atoms with Gasteiger partial charge in [0.1, 0.15) is 23.7 Å². The minimum atomic E-state index is -4.47. The van der Waals surface area contributed by atoms with E-state index >= 15 is 8.78 Å². The molecule has 46 heavy (non-hydrogen) atoms. The smallest absolute Gasteiger partial charge is 0.377 e. The van der Waals surface area contributed by atoms with Gasteiger partial charge < -0.3 is 16.3 Å². The van der Waals surface area contributed by atoms with Crippen molar-refractivity contribution in [1.82, 2.24) is 15.3 Å². The summed E-state index contributed by atoms with van der Waals surface area (Å²) in [5.41, 5.74) is -5.46. The van der Waals surface area contributed by atoms with E-state index in [1.54, 1.807) is 6.07 Å². The van der Waals surface area contributed by atoms with Crippen molar-refractivity contribution in [3.05, 3.63) is 122 Å². The van der Waals surface area contributed by atoms with Crippen LogP contribution in [0.2, 0.25) is 0 Å². The third-order valence-corrected chi connectivity index (χ3v) is 7.50. The lowest BCUT2D eigenvalue weighted by Gasteiger charge is -2.37. The third-order valence-electron chi connectivity index (χ3n) is 6.50. The molecule has 0 radical (unpaired) electrons. The minimum absolute atomic E-state index is 0.00855. The quantitative estimate of drug-likeness (QED) is 0.0507. The summed E-state index contributed by atoms with van der Waals surface area (Å²) in [6.45, 7) is -1.13. The number of hydrazone groups is 1. The average molecular weight is 665 g/mol. The molecule has 1 amide bonds. The van der Waals surface area contributed by atoms with Crippen LogP contribution in [-0.2, 0) is 24.2 Å². The molecule has 240 valence electrons. The molecule has 6 N–H and O–H groups in total. The Labute approximate surface area is 261 Å². The van der Waals surface area contributed by atoms with Crippen molar-refractivity contribution in [2.75, 3.05) is 6.54 Å². The van der Waals surface area contributed by atoms with Gasteiger partial charge in [-0.05, 0) is 54.1 Å². The van der Waals surface area contributed by atoms with Crippen LogP contribution in [0.25, 0.3) is 0 Å². The zero-order valence-electron chi connectivity index (χ0n) is 23.3. The van der Waals surface area contributed by atoms with Crippen molar-refractivity contribution >= 4 is 23.6 Å². The fourth-order valence-corrected chi connectivity index (χ4v) is 4.95. The molecular weight excluding hydrogens is 641 g/mol. The minimum Gasteiger partial charge on any atom is -0.377 e. The topological polar surface area (TPSA) is 130 Å². The Morgan fingerprint density at radius 2 is 1.74 bits per heavy atom. The number of amides is 1. The fourth-order valence-electron chi connectivity index (χ4n) is 4.18. The number of thiophene rings is 1. The lowest BCUT2D eigenvalue weighted by molar-refractivity contribution is -0.203. The number of hydrogen-bond donors (Lipinski definition) is 4. The SMILES string of the molecule is N/N=C\N(N)CC(O)(c1ccc(F)cc1F)C(F)(F)c1ccc(C#Cc2ccc(C(=O)NCc3ccc(C(F)(F)F)cc3)s2)cn1. The molecule has 2 aromatic carbocycles. The van der Waals surface area contributed by atoms with Gasteiger partial charge in [0.15, 0.2) is 5.60 Å². The molecular formula is C30H23F7N6O2S. The highest BCUT2D eigenvalue weighted by atomic mass is 32.1. The fraction of sp³-hybridized carbons (Fsp3) is 0.167. The van der Waals surface area contributed by atoms with Crippen LogP contribution in [0.1, 0.15) is 42.5 Å². The van der Waals surface area contributed by atoms with E-state index in [0.717, 1.165) is 35.7 Å². The Morgan fingerprint density at radius 1 is 1.02 bits per heavy atom. The van der Waals surface area contributed by atoms with Gasteiger partial charge in [0.2, 0.25) is 0 Å². The number of aromatic nitrogens is 1. The van der Waals surface area contributed by atoms with Crippen LogP contribution in [0.15, 0.2) is 78.0 Å². The van der Waals surface area contributed by atoms with Crippen molar-refractivity contribution in [3.63, 3.8) is 0 Å². The molecule has 0 aliphatic rings. The second-order valence-corrected chi connectivity index (χ2v) is 10.8. The maximum absolute atomic E-state index is 15.8. The van der Waals surface area contributed by atoms with Crippen LogP contribution in [0, 0.1) is 23.5 Å². The number of carbonyl (C=O) groups excluding carboxylic acids is 1. The molecule has 0 aliphatic heterocycles. The summed E-state index contributed by atoms with van der Waals surface area (Å²) >= 11 is 1.02. The van der Waals surface area contributed by atoms with Crippen LogP contribution in [0.3, 0.4) is 0 Å². The highest BCUT2D eigenvalue weighted by molar-refractivity contribution is 7.14.